The summed E-state index contributed by atoms with van der Waals surface area (Å²) in [4.78, 5) is 9.86. The summed E-state index contributed by atoms with van der Waals surface area (Å²) in [6, 6.07) is 51.4. The average Bonchev–Trinajstić information content (AvgIpc) is 3.65. The third-order valence-electron chi connectivity index (χ3n) is 11.1. The van der Waals surface area contributed by atoms with E-state index in [9.17, 15) is 0 Å². The second-order valence-electron chi connectivity index (χ2n) is 16.3. The molecule has 1 aliphatic rings. The molecule has 1 aliphatic carbocycles. The third-order valence-corrected chi connectivity index (χ3v) is 11.1. The van der Waals surface area contributed by atoms with Crippen LogP contribution in [0.2, 0.25) is 0 Å². The first-order valence-corrected chi connectivity index (χ1v) is 18.3. The molecular formula is C49H43N3. The first kappa shape index (κ1) is 32.1. The van der Waals surface area contributed by atoms with Gasteiger partial charge in [0.25, 0.3) is 0 Å². The molecule has 254 valence electrons. The Hall–Kier alpha value is -5.80. The van der Waals surface area contributed by atoms with Crippen molar-refractivity contribution in [3.63, 3.8) is 0 Å². The molecule has 0 saturated heterocycles. The standard InChI is InChI=1S/C49H43N3/c1-47(2,3)33-21-24-41-39(30-33)40-31-34(48(4,5)6)22-25-42(40)49(41,46-19-10-12-27-51-46)35-14-13-15-36(29-35)52-44-18-8-7-16-37(44)38-23-20-32(28-45(38)52)43-17-9-11-26-50-43/h7-31H,1-6H3. The molecule has 0 N–H and O–H groups in total. The number of hydrogen-bond acceptors (Lipinski definition) is 2. The maximum absolute atomic E-state index is 5.17. The van der Waals surface area contributed by atoms with Gasteiger partial charge in [-0.25, -0.2) is 0 Å². The van der Waals surface area contributed by atoms with Gasteiger partial charge < -0.3 is 4.57 Å². The first-order chi connectivity index (χ1) is 25.0. The molecular weight excluding hydrogens is 631 g/mol. The largest absolute Gasteiger partial charge is 0.309 e. The number of rotatable bonds is 4. The number of benzene rings is 5. The summed E-state index contributed by atoms with van der Waals surface area (Å²) < 4.78 is 2.43. The van der Waals surface area contributed by atoms with E-state index < -0.39 is 5.41 Å². The van der Waals surface area contributed by atoms with Crippen LogP contribution in [-0.2, 0) is 16.2 Å². The fourth-order valence-corrected chi connectivity index (χ4v) is 8.41. The predicted octanol–water partition coefficient (Wildman–Crippen LogP) is 12.2. The lowest BCUT2D eigenvalue weighted by atomic mass is 9.69. The molecule has 8 aromatic rings. The zero-order valence-electron chi connectivity index (χ0n) is 30.8. The van der Waals surface area contributed by atoms with Crippen molar-refractivity contribution in [3.8, 4) is 28.1 Å². The van der Waals surface area contributed by atoms with Crippen molar-refractivity contribution >= 4 is 21.8 Å². The van der Waals surface area contributed by atoms with Gasteiger partial charge in [-0.2, -0.15) is 0 Å². The van der Waals surface area contributed by atoms with Crippen molar-refractivity contribution in [3.05, 3.63) is 185 Å². The van der Waals surface area contributed by atoms with E-state index >= 15 is 0 Å². The van der Waals surface area contributed by atoms with Gasteiger partial charge in [-0.3, -0.25) is 9.97 Å². The lowest BCUT2D eigenvalue weighted by Crippen LogP contribution is -2.30. The summed E-state index contributed by atoms with van der Waals surface area (Å²) >= 11 is 0. The van der Waals surface area contributed by atoms with Crippen molar-refractivity contribution in [1.82, 2.24) is 14.5 Å². The van der Waals surface area contributed by atoms with Gasteiger partial charge in [0.15, 0.2) is 0 Å². The maximum Gasteiger partial charge on any atom is 0.0886 e. The van der Waals surface area contributed by atoms with Crippen LogP contribution in [-0.4, -0.2) is 14.5 Å². The van der Waals surface area contributed by atoms with Gasteiger partial charge in [-0.05, 0) is 98.3 Å². The molecule has 0 aliphatic heterocycles. The highest BCUT2D eigenvalue weighted by Crippen LogP contribution is 2.57. The minimum absolute atomic E-state index is 0.0116. The van der Waals surface area contributed by atoms with E-state index in [1.165, 1.54) is 55.2 Å². The van der Waals surface area contributed by atoms with Crippen LogP contribution in [0.1, 0.15) is 75.1 Å². The normalized spacial score (nSPS) is 13.7. The minimum atomic E-state index is -0.618. The van der Waals surface area contributed by atoms with Crippen LogP contribution < -0.4 is 0 Å². The van der Waals surface area contributed by atoms with E-state index in [4.69, 9.17) is 9.97 Å². The van der Waals surface area contributed by atoms with Gasteiger partial charge >= 0.3 is 0 Å². The Morgan fingerprint density at radius 3 is 1.77 bits per heavy atom. The molecule has 3 heteroatoms. The van der Waals surface area contributed by atoms with Gasteiger partial charge in [0.1, 0.15) is 0 Å². The molecule has 0 radical (unpaired) electrons. The maximum atomic E-state index is 5.17. The summed E-state index contributed by atoms with van der Waals surface area (Å²) in [5.41, 5.74) is 14.9. The number of fused-ring (bicyclic) bond motifs is 6. The number of pyridine rings is 2. The van der Waals surface area contributed by atoms with Gasteiger partial charge in [-0.15, -0.1) is 0 Å². The Morgan fingerprint density at radius 2 is 1.13 bits per heavy atom. The van der Waals surface area contributed by atoms with E-state index in [0.29, 0.717) is 0 Å². The van der Waals surface area contributed by atoms with Crippen molar-refractivity contribution in [2.45, 2.75) is 57.8 Å². The summed E-state index contributed by atoms with van der Waals surface area (Å²) in [5, 5.41) is 2.46. The summed E-state index contributed by atoms with van der Waals surface area (Å²) in [7, 11) is 0. The van der Waals surface area contributed by atoms with Gasteiger partial charge in [-0.1, -0.05) is 133 Å². The van der Waals surface area contributed by atoms with E-state index in [1.807, 2.05) is 24.5 Å². The molecule has 0 atom stereocenters. The van der Waals surface area contributed by atoms with Gasteiger partial charge in [0.05, 0.1) is 27.8 Å². The lowest BCUT2D eigenvalue weighted by molar-refractivity contribution is 0.589. The number of aromatic nitrogens is 3. The van der Waals surface area contributed by atoms with Crippen LogP contribution in [0.15, 0.2) is 152 Å². The minimum Gasteiger partial charge on any atom is -0.309 e. The average molecular weight is 674 g/mol. The van der Waals surface area contributed by atoms with Crippen molar-refractivity contribution in [2.75, 3.05) is 0 Å². The SMILES string of the molecule is CC(C)(C)c1ccc2c(c1)-c1cc(C(C)(C)C)ccc1C2(c1cccc(-n2c3ccccc3c3ccc(-c4ccccn4)cc32)c1)c1ccccn1. The summed E-state index contributed by atoms with van der Waals surface area (Å²) in [6.45, 7) is 13.8. The van der Waals surface area contributed by atoms with Crippen LogP contribution in [0.4, 0.5) is 0 Å². The van der Waals surface area contributed by atoms with Crippen molar-refractivity contribution in [1.29, 1.82) is 0 Å². The third kappa shape index (κ3) is 4.87. The predicted molar refractivity (Wildman–Crippen MR) is 217 cm³/mol. The number of hydrogen-bond donors (Lipinski definition) is 0. The molecule has 5 aromatic carbocycles. The molecule has 0 unspecified atom stereocenters. The van der Waals surface area contributed by atoms with Crippen LogP contribution in [0, 0.1) is 0 Å². The van der Waals surface area contributed by atoms with Gasteiger partial charge in [0.2, 0.25) is 0 Å². The number of para-hydroxylation sites is 1. The van der Waals surface area contributed by atoms with E-state index in [2.05, 4.69) is 174 Å². The Balaban J connectivity index is 1.35. The fourth-order valence-electron chi connectivity index (χ4n) is 8.41. The second kappa shape index (κ2) is 11.6. The second-order valence-corrected chi connectivity index (χ2v) is 16.3. The van der Waals surface area contributed by atoms with E-state index in [1.54, 1.807) is 0 Å². The zero-order valence-corrected chi connectivity index (χ0v) is 30.8. The highest BCUT2D eigenvalue weighted by molar-refractivity contribution is 6.10. The van der Waals surface area contributed by atoms with Crippen LogP contribution in [0.25, 0.3) is 49.9 Å². The van der Waals surface area contributed by atoms with Crippen LogP contribution >= 0.6 is 0 Å². The molecule has 3 heterocycles. The first-order valence-electron chi connectivity index (χ1n) is 18.3. The molecule has 0 amide bonds. The highest BCUT2D eigenvalue weighted by atomic mass is 15.0. The topological polar surface area (TPSA) is 30.7 Å². The smallest absolute Gasteiger partial charge is 0.0886 e. The van der Waals surface area contributed by atoms with Crippen LogP contribution in [0.5, 0.6) is 0 Å². The molecule has 3 nitrogen and oxygen atoms in total. The highest BCUT2D eigenvalue weighted by Gasteiger charge is 2.48. The lowest BCUT2D eigenvalue weighted by Gasteiger charge is -2.33. The molecule has 52 heavy (non-hydrogen) atoms. The molecule has 0 bridgehead atoms. The summed E-state index contributed by atoms with van der Waals surface area (Å²) in [6.07, 6.45) is 3.81. The monoisotopic (exact) mass is 673 g/mol. The van der Waals surface area contributed by atoms with Crippen molar-refractivity contribution in [2.24, 2.45) is 0 Å². The van der Waals surface area contributed by atoms with Crippen molar-refractivity contribution < 1.29 is 0 Å². The molecule has 0 saturated carbocycles. The Labute approximate surface area is 306 Å². The Morgan fingerprint density at radius 1 is 0.500 bits per heavy atom. The van der Waals surface area contributed by atoms with Crippen LogP contribution in [0.3, 0.4) is 0 Å². The Kier molecular flexibility index (Phi) is 7.18. The quantitative estimate of drug-likeness (QED) is 0.186. The fraction of sp³-hybridized carbons (Fsp3) is 0.184. The van der Waals surface area contributed by atoms with E-state index in [-0.39, 0.29) is 10.8 Å². The molecule has 0 fully saturated rings. The van der Waals surface area contributed by atoms with E-state index in [0.717, 1.165) is 28.2 Å². The number of nitrogens with zero attached hydrogens (tertiary/aromatic N) is 3. The summed E-state index contributed by atoms with van der Waals surface area (Å²) in [5.74, 6) is 0. The molecule has 9 rings (SSSR count). The van der Waals surface area contributed by atoms with Gasteiger partial charge in [0, 0.05) is 34.4 Å². The molecule has 0 spiro atoms. The Bertz CT molecular complexity index is 2570. The molecule has 3 aromatic heterocycles. The zero-order chi connectivity index (χ0) is 35.8.